The van der Waals surface area contributed by atoms with Gasteiger partial charge < -0.3 is 5.32 Å². The molecule has 86 valence electrons. The van der Waals surface area contributed by atoms with E-state index in [4.69, 9.17) is 11.6 Å². The van der Waals surface area contributed by atoms with Crippen LogP contribution in [-0.4, -0.2) is 24.6 Å². The monoisotopic (exact) mass is 255 g/mol. The van der Waals surface area contributed by atoms with Gasteiger partial charge in [0.25, 0.3) is 5.91 Å². The molecule has 0 saturated heterocycles. The highest BCUT2D eigenvalue weighted by Gasteiger charge is 2.08. The van der Waals surface area contributed by atoms with E-state index < -0.39 is 0 Å². The van der Waals surface area contributed by atoms with Crippen LogP contribution in [0.3, 0.4) is 0 Å². The van der Waals surface area contributed by atoms with Gasteiger partial charge >= 0.3 is 0 Å². The van der Waals surface area contributed by atoms with Crippen molar-refractivity contribution >= 4 is 29.3 Å². The van der Waals surface area contributed by atoms with E-state index in [9.17, 15) is 4.79 Å². The molecule has 2 nitrogen and oxygen atoms in total. The molecule has 0 aromatic heterocycles. The third-order valence-corrected chi connectivity index (χ3v) is 2.96. The fourth-order valence-electron chi connectivity index (χ4n) is 1.23. The lowest BCUT2D eigenvalue weighted by Gasteiger charge is -2.06. The number of alkyl halides is 1. The van der Waals surface area contributed by atoms with E-state index in [0.717, 1.165) is 4.90 Å². The van der Waals surface area contributed by atoms with E-state index in [2.05, 4.69) is 5.32 Å². The predicted octanol–water partition coefficient (Wildman–Crippen LogP) is 2.93. The SMILES string of the molecule is CSc1ccccc1C(=O)NC/C=C/CCl. The highest BCUT2D eigenvalue weighted by atomic mass is 35.5. The average molecular weight is 256 g/mol. The van der Waals surface area contributed by atoms with Crippen molar-refractivity contribution in [3.8, 4) is 0 Å². The van der Waals surface area contributed by atoms with Gasteiger partial charge in [-0.1, -0.05) is 24.3 Å². The van der Waals surface area contributed by atoms with Crippen molar-refractivity contribution in [1.29, 1.82) is 0 Å². The first kappa shape index (κ1) is 13.1. The van der Waals surface area contributed by atoms with Gasteiger partial charge in [-0.3, -0.25) is 4.79 Å². The summed E-state index contributed by atoms with van der Waals surface area (Å²) in [5.41, 5.74) is 0.717. The molecule has 16 heavy (non-hydrogen) atoms. The Labute approximate surface area is 105 Å². The number of halogens is 1. The molecule has 1 aromatic carbocycles. The van der Waals surface area contributed by atoms with Crippen LogP contribution in [0.4, 0.5) is 0 Å². The molecule has 0 aliphatic heterocycles. The molecule has 0 unspecified atom stereocenters. The van der Waals surface area contributed by atoms with Crippen LogP contribution in [0.15, 0.2) is 41.3 Å². The quantitative estimate of drug-likeness (QED) is 0.498. The van der Waals surface area contributed by atoms with E-state index >= 15 is 0 Å². The number of rotatable bonds is 5. The number of thioether (sulfide) groups is 1. The van der Waals surface area contributed by atoms with Gasteiger partial charge in [0.05, 0.1) is 5.56 Å². The Morgan fingerprint density at radius 2 is 2.19 bits per heavy atom. The first-order valence-electron chi connectivity index (χ1n) is 4.91. The molecule has 0 radical (unpaired) electrons. The van der Waals surface area contributed by atoms with Crippen molar-refractivity contribution in [2.75, 3.05) is 18.7 Å². The predicted molar refractivity (Wildman–Crippen MR) is 70.4 cm³/mol. The molecule has 1 rings (SSSR count). The third-order valence-electron chi connectivity index (χ3n) is 1.99. The number of carbonyl (C=O) groups is 1. The smallest absolute Gasteiger partial charge is 0.252 e. The summed E-state index contributed by atoms with van der Waals surface area (Å²) in [7, 11) is 0. The van der Waals surface area contributed by atoms with Crippen LogP contribution < -0.4 is 5.32 Å². The molecule has 0 atom stereocenters. The van der Waals surface area contributed by atoms with Crippen molar-refractivity contribution in [3.05, 3.63) is 42.0 Å². The van der Waals surface area contributed by atoms with Crippen LogP contribution in [0.1, 0.15) is 10.4 Å². The van der Waals surface area contributed by atoms with Gasteiger partial charge in [-0.05, 0) is 18.4 Å². The maximum absolute atomic E-state index is 11.8. The van der Waals surface area contributed by atoms with Gasteiger partial charge in [-0.2, -0.15) is 0 Å². The molecule has 0 spiro atoms. The Balaban J connectivity index is 2.62. The molecule has 0 aliphatic rings. The van der Waals surface area contributed by atoms with E-state index in [1.165, 1.54) is 0 Å². The lowest BCUT2D eigenvalue weighted by molar-refractivity contribution is 0.0955. The average Bonchev–Trinajstić information content (AvgIpc) is 2.34. The van der Waals surface area contributed by atoms with Crippen LogP contribution >= 0.6 is 23.4 Å². The van der Waals surface area contributed by atoms with Gasteiger partial charge in [0.15, 0.2) is 0 Å². The first-order valence-corrected chi connectivity index (χ1v) is 6.67. The maximum Gasteiger partial charge on any atom is 0.252 e. The minimum absolute atomic E-state index is 0.0517. The van der Waals surface area contributed by atoms with Crippen molar-refractivity contribution < 1.29 is 4.79 Å². The van der Waals surface area contributed by atoms with E-state index in [-0.39, 0.29) is 5.91 Å². The molecule has 1 aromatic rings. The van der Waals surface area contributed by atoms with Gasteiger partial charge in [-0.25, -0.2) is 0 Å². The van der Waals surface area contributed by atoms with Crippen molar-refractivity contribution in [3.63, 3.8) is 0 Å². The largest absolute Gasteiger partial charge is 0.349 e. The fraction of sp³-hybridized carbons (Fsp3) is 0.250. The molecular formula is C12H14ClNOS. The Hall–Kier alpha value is -0.930. The normalized spacial score (nSPS) is 10.6. The Morgan fingerprint density at radius 3 is 2.88 bits per heavy atom. The summed E-state index contributed by atoms with van der Waals surface area (Å²) in [5, 5.41) is 2.81. The van der Waals surface area contributed by atoms with Crippen LogP contribution in [0.25, 0.3) is 0 Å². The number of benzene rings is 1. The first-order chi connectivity index (χ1) is 7.79. The van der Waals surface area contributed by atoms with Crippen molar-refractivity contribution in [2.45, 2.75) is 4.90 Å². The minimum Gasteiger partial charge on any atom is -0.349 e. The summed E-state index contributed by atoms with van der Waals surface area (Å²) in [6.07, 6.45) is 5.61. The van der Waals surface area contributed by atoms with Crippen LogP contribution in [0.5, 0.6) is 0 Å². The maximum atomic E-state index is 11.8. The minimum atomic E-state index is -0.0517. The lowest BCUT2D eigenvalue weighted by Crippen LogP contribution is -2.23. The molecular weight excluding hydrogens is 242 g/mol. The molecule has 0 fully saturated rings. The number of carbonyl (C=O) groups excluding carboxylic acids is 1. The summed E-state index contributed by atoms with van der Waals surface area (Å²) in [6, 6.07) is 7.56. The van der Waals surface area contributed by atoms with E-state index in [1.54, 1.807) is 11.8 Å². The summed E-state index contributed by atoms with van der Waals surface area (Å²) in [6.45, 7) is 0.508. The zero-order valence-electron chi connectivity index (χ0n) is 9.07. The molecule has 0 bridgehead atoms. The molecule has 0 saturated carbocycles. The lowest BCUT2D eigenvalue weighted by atomic mass is 10.2. The Bertz CT molecular complexity index is 379. The standard InChI is InChI=1S/C12H14ClNOS/c1-16-11-7-3-2-6-10(11)12(15)14-9-5-4-8-13/h2-7H,8-9H2,1H3,(H,14,15)/b5-4+. The zero-order chi connectivity index (χ0) is 11.8. The molecule has 0 aliphatic carbocycles. The van der Waals surface area contributed by atoms with E-state index in [1.807, 2.05) is 42.7 Å². The molecule has 1 N–H and O–H groups in total. The van der Waals surface area contributed by atoms with Gasteiger partial charge in [0.2, 0.25) is 0 Å². The van der Waals surface area contributed by atoms with Crippen LogP contribution in [-0.2, 0) is 0 Å². The zero-order valence-corrected chi connectivity index (χ0v) is 10.6. The van der Waals surface area contributed by atoms with Crippen molar-refractivity contribution in [1.82, 2.24) is 5.32 Å². The Kier molecular flexibility index (Phi) is 6.04. The highest BCUT2D eigenvalue weighted by molar-refractivity contribution is 7.98. The second-order valence-electron chi connectivity index (χ2n) is 3.04. The third kappa shape index (κ3) is 3.91. The fourth-order valence-corrected chi connectivity index (χ4v) is 1.95. The summed E-state index contributed by atoms with van der Waals surface area (Å²) in [4.78, 5) is 12.8. The van der Waals surface area contributed by atoms with Crippen LogP contribution in [0, 0.1) is 0 Å². The number of nitrogens with one attached hydrogen (secondary N) is 1. The summed E-state index contributed by atoms with van der Waals surface area (Å²) < 4.78 is 0. The Morgan fingerprint density at radius 1 is 1.44 bits per heavy atom. The number of hydrogen-bond acceptors (Lipinski definition) is 2. The van der Waals surface area contributed by atoms with Gasteiger partial charge in [-0.15, -0.1) is 23.4 Å². The summed E-state index contributed by atoms with van der Waals surface area (Å²) >= 11 is 7.05. The number of hydrogen-bond donors (Lipinski definition) is 1. The second-order valence-corrected chi connectivity index (χ2v) is 4.19. The number of amides is 1. The highest BCUT2D eigenvalue weighted by Crippen LogP contribution is 2.19. The number of allylic oxidation sites excluding steroid dienone is 1. The molecule has 4 heteroatoms. The van der Waals surface area contributed by atoms with E-state index in [0.29, 0.717) is 18.0 Å². The van der Waals surface area contributed by atoms with Crippen LogP contribution in [0.2, 0.25) is 0 Å². The van der Waals surface area contributed by atoms with Gasteiger partial charge in [0, 0.05) is 17.3 Å². The molecule has 1 amide bonds. The summed E-state index contributed by atoms with van der Waals surface area (Å²) in [5.74, 6) is 0.418. The molecule has 0 heterocycles. The van der Waals surface area contributed by atoms with Gasteiger partial charge in [0.1, 0.15) is 0 Å². The van der Waals surface area contributed by atoms with Crippen molar-refractivity contribution in [2.24, 2.45) is 0 Å². The second kappa shape index (κ2) is 7.36. The topological polar surface area (TPSA) is 29.1 Å².